The van der Waals surface area contributed by atoms with Gasteiger partial charge in [0, 0.05) is 28.0 Å². The second-order valence-corrected chi connectivity index (χ2v) is 9.05. The van der Waals surface area contributed by atoms with Crippen molar-refractivity contribution in [3.63, 3.8) is 0 Å². The van der Waals surface area contributed by atoms with Gasteiger partial charge in [-0.1, -0.05) is 18.2 Å². The third kappa shape index (κ3) is 5.08. The van der Waals surface area contributed by atoms with Crippen LogP contribution in [0.2, 0.25) is 0 Å². The molecule has 0 aliphatic rings. The normalized spacial score (nSPS) is 11.9. The van der Waals surface area contributed by atoms with Gasteiger partial charge >= 0.3 is 0 Å². The molecule has 0 spiro atoms. The van der Waals surface area contributed by atoms with E-state index in [2.05, 4.69) is 10.3 Å². The Balaban J connectivity index is 1.51. The van der Waals surface area contributed by atoms with Crippen molar-refractivity contribution < 1.29 is 28.5 Å². The number of aliphatic hydroxyl groups excluding tert-OH is 1. The number of nitrogens with one attached hydrogen (secondary N) is 2. The van der Waals surface area contributed by atoms with Gasteiger partial charge in [-0.2, -0.15) is 0 Å². The summed E-state index contributed by atoms with van der Waals surface area (Å²) in [5, 5.41) is 14.4. The first-order chi connectivity index (χ1) is 18.9. The molecule has 200 valence electrons. The SMILES string of the molecule is COc1cc(-c2cc(C(=O)NC(CO)Cc3c[nH]c4ccc(F)cc34)c3ccccc3n2)cc(OC)c1OC. The van der Waals surface area contributed by atoms with Crippen LogP contribution in [0.3, 0.4) is 0 Å². The Morgan fingerprint density at radius 2 is 1.74 bits per heavy atom. The molecule has 1 atom stereocenters. The maximum absolute atomic E-state index is 13.8. The summed E-state index contributed by atoms with van der Waals surface area (Å²) < 4.78 is 30.3. The first-order valence-corrected chi connectivity index (χ1v) is 12.3. The topological polar surface area (TPSA) is 106 Å². The molecule has 0 radical (unpaired) electrons. The molecule has 2 aromatic heterocycles. The Bertz CT molecular complexity index is 1640. The number of hydrogen-bond acceptors (Lipinski definition) is 6. The quantitative estimate of drug-likeness (QED) is 0.251. The van der Waals surface area contributed by atoms with Gasteiger partial charge in [0.2, 0.25) is 5.75 Å². The van der Waals surface area contributed by atoms with E-state index >= 15 is 0 Å². The standard InChI is InChI=1S/C30H28FN3O5/c1-37-27-11-17(12-28(38-2)29(27)39-3)26-14-23(21-6-4-5-7-25(21)34-26)30(36)33-20(16-35)10-18-15-32-24-9-8-19(31)13-22(18)24/h4-9,11-15,20,32,35H,10,16H2,1-3H3,(H,33,36). The molecule has 0 fully saturated rings. The highest BCUT2D eigenvalue weighted by molar-refractivity contribution is 6.07. The van der Waals surface area contributed by atoms with Crippen molar-refractivity contribution in [3.05, 3.63) is 83.8 Å². The average Bonchev–Trinajstić information content (AvgIpc) is 3.36. The highest BCUT2D eigenvalue weighted by Gasteiger charge is 2.21. The minimum atomic E-state index is -0.601. The number of nitrogens with zero attached hydrogens (tertiary/aromatic N) is 1. The minimum Gasteiger partial charge on any atom is -0.493 e. The van der Waals surface area contributed by atoms with E-state index in [0.29, 0.717) is 56.8 Å². The number of methoxy groups -OCH3 is 3. The van der Waals surface area contributed by atoms with E-state index in [1.54, 1.807) is 30.5 Å². The maximum atomic E-state index is 13.8. The summed E-state index contributed by atoms with van der Waals surface area (Å²) in [5.74, 6) is 0.653. The van der Waals surface area contributed by atoms with Gasteiger partial charge in [0.1, 0.15) is 5.82 Å². The van der Waals surface area contributed by atoms with Crippen LogP contribution in [0.5, 0.6) is 17.2 Å². The van der Waals surface area contributed by atoms with Gasteiger partial charge in [-0.25, -0.2) is 9.37 Å². The molecule has 2 heterocycles. The number of amides is 1. The fourth-order valence-electron chi connectivity index (χ4n) is 4.75. The Morgan fingerprint density at radius 3 is 2.44 bits per heavy atom. The Kier molecular flexibility index (Phi) is 7.33. The first kappa shape index (κ1) is 26.0. The van der Waals surface area contributed by atoms with Gasteiger partial charge in [0.15, 0.2) is 11.5 Å². The lowest BCUT2D eigenvalue weighted by molar-refractivity contribution is 0.0918. The second-order valence-electron chi connectivity index (χ2n) is 9.05. The van der Waals surface area contributed by atoms with E-state index in [9.17, 15) is 14.3 Å². The van der Waals surface area contributed by atoms with Crippen molar-refractivity contribution in [2.75, 3.05) is 27.9 Å². The Hall–Kier alpha value is -4.63. The Morgan fingerprint density at radius 1 is 1.00 bits per heavy atom. The van der Waals surface area contributed by atoms with Crippen molar-refractivity contribution >= 4 is 27.7 Å². The molecular formula is C30H28FN3O5. The first-order valence-electron chi connectivity index (χ1n) is 12.3. The zero-order chi connectivity index (χ0) is 27.5. The van der Waals surface area contributed by atoms with E-state index in [1.165, 1.54) is 33.5 Å². The molecule has 0 aliphatic carbocycles. The lowest BCUT2D eigenvalue weighted by atomic mass is 10.0. The number of H-pyrrole nitrogens is 1. The summed E-state index contributed by atoms with van der Waals surface area (Å²) in [6.07, 6.45) is 2.08. The molecule has 0 saturated heterocycles. The van der Waals surface area contributed by atoms with Crippen molar-refractivity contribution in [2.45, 2.75) is 12.5 Å². The average molecular weight is 530 g/mol. The highest BCUT2D eigenvalue weighted by atomic mass is 19.1. The number of rotatable bonds is 9. The molecule has 5 aromatic rings. The molecule has 9 heteroatoms. The van der Waals surface area contributed by atoms with Crippen molar-refractivity contribution in [2.24, 2.45) is 0 Å². The lowest BCUT2D eigenvalue weighted by Crippen LogP contribution is -2.39. The lowest BCUT2D eigenvalue weighted by Gasteiger charge is -2.18. The van der Waals surface area contributed by atoms with Crippen LogP contribution >= 0.6 is 0 Å². The van der Waals surface area contributed by atoms with Gasteiger partial charge in [0.25, 0.3) is 5.91 Å². The van der Waals surface area contributed by atoms with Crippen molar-refractivity contribution in [1.29, 1.82) is 0 Å². The number of ether oxygens (including phenoxy) is 3. The predicted molar refractivity (Wildman–Crippen MR) is 147 cm³/mol. The van der Waals surface area contributed by atoms with Gasteiger partial charge in [-0.15, -0.1) is 0 Å². The number of aliphatic hydroxyl groups is 1. The summed E-state index contributed by atoms with van der Waals surface area (Å²) in [6, 6.07) is 16.5. The van der Waals surface area contributed by atoms with E-state index in [1.807, 2.05) is 24.3 Å². The van der Waals surface area contributed by atoms with Gasteiger partial charge < -0.3 is 29.6 Å². The molecule has 0 bridgehead atoms. The maximum Gasteiger partial charge on any atom is 0.252 e. The minimum absolute atomic E-state index is 0.295. The van der Waals surface area contributed by atoms with Crippen LogP contribution < -0.4 is 19.5 Å². The van der Waals surface area contributed by atoms with Crippen molar-refractivity contribution in [3.8, 4) is 28.5 Å². The van der Waals surface area contributed by atoms with E-state index in [0.717, 1.165) is 11.1 Å². The summed E-state index contributed by atoms with van der Waals surface area (Å²) in [7, 11) is 4.59. The molecule has 1 amide bonds. The monoisotopic (exact) mass is 529 g/mol. The molecular weight excluding hydrogens is 501 g/mol. The number of carbonyl (C=O) groups is 1. The summed E-state index contributed by atoms with van der Waals surface area (Å²) >= 11 is 0. The molecule has 8 nitrogen and oxygen atoms in total. The van der Waals surface area contributed by atoms with E-state index < -0.39 is 6.04 Å². The number of halogens is 1. The predicted octanol–water partition coefficient (Wildman–Crippen LogP) is 4.88. The fraction of sp³-hybridized carbons (Fsp3) is 0.200. The van der Waals surface area contributed by atoms with Crippen LogP contribution in [0.1, 0.15) is 15.9 Å². The smallest absolute Gasteiger partial charge is 0.252 e. The molecule has 0 saturated carbocycles. The second kappa shape index (κ2) is 11.0. The number of pyridine rings is 1. The van der Waals surface area contributed by atoms with E-state index in [-0.39, 0.29) is 18.3 Å². The van der Waals surface area contributed by atoms with Crippen LogP contribution in [0.25, 0.3) is 33.1 Å². The number of fused-ring (bicyclic) bond motifs is 2. The van der Waals surface area contributed by atoms with Crippen LogP contribution in [0.15, 0.2) is 66.9 Å². The molecule has 3 N–H and O–H groups in total. The third-order valence-electron chi connectivity index (χ3n) is 6.67. The number of hydrogen-bond donors (Lipinski definition) is 3. The number of carbonyl (C=O) groups excluding carboxylic acids is 1. The zero-order valence-electron chi connectivity index (χ0n) is 21.7. The van der Waals surface area contributed by atoms with E-state index in [4.69, 9.17) is 19.2 Å². The summed E-state index contributed by atoms with van der Waals surface area (Å²) in [4.78, 5) is 21.5. The van der Waals surface area contributed by atoms with Crippen LogP contribution in [-0.4, -0.2) is 55.0 Å². The largest absolute Gasteiger partial charge is 0.493 e. The van der Waals surface area contributed by atoms with Crippen LogP contribution in [-0.2, 0) is 6.42 Å². The highest BCUT2D eigenvalue weighted by Crippen LogP contribution is 2.41. The van der Waals surface area contributed by atoms with Crippen LogP contribution in [0, 0.1) is 5.82 Å². The Labute approximate surface area is 224 Å². The van der Waals surface area contributed by atoms with Crippen LogP contribution in [0.4, 0.5) is 4.39 Å². The molecule has 0 aliphatic heterocycles. The zero-order valence-corrected chi connectivity index (χ0v) is 21.7. The molecule has 39 heavy (non-hydrogen) atoms. The fourth-order valence-corrected chi connectivity index (χ4v) is 4.75. The number of aromatic nitrogens is 2. The van der Waals surface area contributed by atoms with Gasteiger partial charge in [-0.05, 0) is 54.4 Å². The summed E-state index contributed by atoms with van der Waals surface area (Å²) in [6.45, 7) is -0.295. The number of para-hydroxylation sites is 1. The number of aromatic amines is 1. The third-order valence-corrected chi connectivity index (χ3v) is 6.67. The molecule has 1 unspecified atom stereocenters. The van der Waals surface area contributed by atoms with Gasteiger partial charge in [-0.3, -0.25) is 4.79 Å². The van der Waals surface area contributed by atoms with Crippen molar-refractivity contribution in [1.82, 2.24) is 15.3 Å². The molecule has 5 rings (SSSR count). The molecule has 3 aromatic carbocycles. The van der Waals surface area contributed by atoms with Gasteiger partial charge in [0.05, 0.1) is 50.8 Å². The summed E-state index contributed by atoms with van der Waals surface area (Å²) in [5.41, 5.74) is 3.80. The number of benzene rings is 3.